The summed E-state index contributed by atoms with van der Waals surface area (Å²) in [7, 11) is 0. The molecule has 0 radical (unpaired) electrons. The van der Waals surface area contributed by atoms with Crippen LogP contribution in [0.15, 0.2) is 54.6 Å². The molecule has 0 bridgehead atoms. The van der Waals surface area contributed by atoms with Crippen molar-refractivity contribution in [3.8, 4) is 0 Å². The molecule has 1 fully saturated rings. The fourth-order valence-corrected chi connectivity index (χ4v) is 2.79. The lowest BCUT2D eigenvalue weighted by Gasteiger charge is -2.33. The van der Waals surface area contributed by atoms with E-state index in [4.69, 9.17) is 0 Å². The number of hydrogen-bond donors (Lipinski definition) is 1. The van der Waals surface area contributed by atoms with Crippen LogP contribution in [0.25, 0.3) is 0 Å². The van der Waals surface area contributed by atoms with E-state index in [1.807, 2.05) is 12.1 Å². The van der Waals surface area contributed by atoms with Gasteiger partial charge in [-0.1, -0.05) is 30.3 Å². The van der Waals surface area contributed by atoms with Crippen LogP contribution < -0.4 is 9.80 Å². The first-order valence-electron chi connectivity index (χ1n) is 7.19. The van der Waals surface area contributed by atoms with Crippen molar-refractivity contribution < 1.29 is 9.29 Å². The molecule has 2 aromatic rings. The number of hydrogen-bond acceptors (Lipinski definition) is 1. The first kappa shape index (κ1) is 13.1. The van der Waals surface area contributed by atoms with E-state index in [-0.39, 0.29) is 5.82 Å². The van der Waals surface area contributed by atoms with Crippen molar-refractivity contribution in [1.82, 2.24) is 0 Å². The van der Waals surface area contributed by atoms with Crippen molar-refractivity contribution in [3.63, 3.8) is 0 Å². The van der Waals surface area contributed by atoms with Crippen LogP contribution in [0, 0.1) is 5.82 Å². The number of piperazine rings is 1. The van der Waals surface area contributed by atoms with Crippen LogP contribution in [0.1, 0.15) is 5.56 Å². The predicted octanol–water partition coefficient (Wildman–Crippen LogP) is 1.73. The van der Waals surface area contributed by atoms with Gasteiger partial charge < -0.3 is 9.80 Å². The van der Waals surface area contributed by atoms with Gasteiger partial charge in [-0.05, 0) is 24.3 Å². The van der Waals surface area contributed by atoms with Gasteiger partial charge in [0.25, 0.3) is 0 Å². The van der Waals surface area contributed by atoms with E-state index in [1.54, 1.807) is 17.0 Å². The summed E-state index contributed by atoms with van der Waals surface area (Å²) < 4.78 is 12.9. The molecule has 0 aliphatic carbocycles. The second-order valence-electron chi connectivity index (χ2n) is 5.38. The normalized spacial score (nSPS) is 16.4. The highest BCUT2D eigenvalue weighted by atomic mass is 19.1. The quantitative estimate of drug-likeness (QED) is 0.893. The van der Waals surface area contributed by atoms with Gasteiger partial charge in [0.15, 0.2) is 0 Å². The summed E-state index contributed by atoms with van der Waals surface area (Å²) in [5.74, 6) is -0.155. The Morgan fingerprint density at radius 2 is 1.55 bits per heavy atom. The second-order valence-corrected chi connectivity index (χ2v) is 5.38. The van der Waals surface area contributed by atoms with Crippen molar-refractivity contribution in [2.24, 2.45) is 0 Å². The highest BCUT2D eigenvalue weighted by Gasteiger charge is 2.19. The summed E-state index contributed by atoms with van der Waals surface area (Å²) in [4.78, 5) is 4.01. The van der Waals surface area contributed by atoms with Gasteiger partial charge >= 0.3 is 0 Å². The average Bonchev–Trinajstić information content (AvgIpc) is 2.51. The van der Waals surface area contributed by atoms with E-state index in [2.05, 4.69) is 35.2 Å². The summed E-state index contributed by atoms with van der Waals surface area (Å²) in [5.41, 5.74) is 2.53. The van der Waals surface area contributed by atoms with Crippen LogP contribution in [0.5, 0.6) is 0 Å². The Hall–Kier alpha value is -1.87. The Labute approximate surface area is 119 Å². The highest BCUT2D eigenvalue weighted by molar-refractivity contribution is 5.46. The van der Waals surface area contributed by atoms with Crippen molar-refractivity contribution >= 4 is 5.69 Å². The van der Waals surface area contributed by atoms with Crippen LogP contribution in [0.4, 0.5) is 10.1 Å². The van der Waals surface area contributed by atoms with Gasteiger partial charge in [0.2, 0.25) is 0 Å². The Morgan fingerprint density at radius 1 is 0.900 bits per heavy atom. The van der Waals surface area contributed by atoms with Crippen molar-refractivity contribution in [2.45, 2.75) is 6.54 Å². The highest BCUT2D eigenvalue weighted by Crippen LogP contribution is 2.12. The van der Waals surface area contributed by atoms with Crippen LogP contribution in [-0.2, 0) is 6.54 Å². The number of para-hydroxylation sites is 1. The lowest BCUT2D eigenvalue weighted by Crippen LogP contribution is -3.13. The van der Waals surface area contributed by atoms with Crippen LogP contribution in [-0.4, -0.2) is 26.2 Å². The number of anilines is 1. The fraction of sp³-hybridized carbons (Fsp3) is 0.294. The van der Waals surface area contributed by atoms with E-state index < -0.39 is 0 Å². The molecule has 0 saturated carbocycles. The van der Waals surface area contributed by atoms with E-state index >= 15 is 0 Å². The minimum absolute atomic E-state index is 0.155. The first-order valence-corrected chi connectivity index (χ1v) is 7.19. The zero-order valence-electron chi connectivity index (χ0n) is 11.6. The van der Waals surface area contributed by atoms with Crippen LogP contribution in [0.2, 0.25) is 0 Å². The third-order valence-corrected chi connectivity index (χ3v) is 3.96. The van der Waals surface area contributed by atoms with Gasteiger partial charge in [-0.25, -0.2) is 4.39 Å². The van der Waals surface area contributed by atoms with Crippen LogP contribution >= 0.6 is 0 Å². The molecule has 20 heavy (non-hydrogen) atoms. The average molecular weight is 271 g/mol. The fourth-order valence-electron chi connectivity index (χ4n) is 2.79. The molecule has 2 aromatic carbocycles. The van der Waals surface area contributed by atoms with Crippen molar-refractivity contribution in [1.29, 1.82) is 0 Å². The Balaban J connectivity index is 1.55. The lowest BCUT2D eigenvalue weighted by molar-refractivity contribution is -0.914. The Morgan fingerprint density at radius 3 is 2.20 bits per heavy atom. The van der Waals surface area contributed by atoms with Gasteiger partial charge in [-0.2, -0.15) is 0 Å². The maximum atomic E-state index is 12.9. The SMILES string of the molecule is Fc1ccc(C[NH+]2CCN(c3ccccc3)CC2)cc1. The summed E-state index contributed by atoms with van der Waals surface area (Å²) in [6.07, 6.45) is 0. The zero-order chi connectivity index (χ0) is 13.8. The molecule has 1 N–H and O–H groups in total. The maximum absolute atomic E-state index is 12.9. The molecule has 3 heteroatoms. The standard InChI is InChI=1S/C17H19FN2/c18-16-8-6-15(7-9-16)14-19-10-12-20(13-11-19)17-4-2-1-3-5-17/h1-9H,10-14H2/p+1. The maximum Gasteiger partial charge on any atom is 0.123 e. The monoisotopic (exact) mass is 271 g/mol. The molecule has 104 valence electrons. The summed E-state index contributed by atoms with van der Waals surface area (Å²) in [5, 5.41) is 0. The molecule has 0 aromatic heterocycles. The molecule has 0 unspecified atom stereocenters. The molecule has 1 saturated heterocycles. The van der Waals surface area contributed by atoms with Gasteiger partial charge in [-0.15, -0.1) is 0 Å². The van der Waals surface area contributed by atoms with Gasteiger partial charge in [0, 0.05) is 11.3 Å². The number of nitrogens with one attached hydrogen (secondary N) is 1. The molecular formula is C17H20FN2+. The number of halogens is 1. The topological polar surface area (TPSA) is 7.68 Å². The number of rotatable bonds is 3. The second kappa shape index (κ2) is 6.06. The molecule has 1 heterocycles. The van der Waals surface area contributed by atoms with Gasteiger partial charge in [-0.3, -0.25) is 0 Å². The smallest absolute Gasteiger partial charge is 0.123 e. The van der Waals surface area contributed by atoms with E-state index in [0.29, 0.717) is 0 Å². The Kier molecular flexibility index (Phi) is 3.97. The van der Waals surface area contributed by atoms with Crippen LogP contribution in [0.3, 0.4) is 0 Å². The summed E-state index contributed by atoms with van der Waals surface area (Å²) >= 11 is 0. The summed E-state index contributed by atoms with van der Waals surface area (Å²) in [6, 6.07) is 17.5. The molecule has 1 aliphatic heterocycles. The van der Waals surface area contributed by atoms with Gasteiger partial charge in [0.05, 0.1) is 26.2 Å². The molecule has 0 spiro atoms. The van der Waals surface area contributed by atoms with Crippen molar-refractivity contribution in [2.75, 3.05) is 31.1 Å². The van der Waals surface area contributed by atoms with Gasteiger partial charge in [0.1, 0.15) is 12.4 Å². The minimum atomic E-state index is -0.155. The number of benzene rings is 2. The zero-order valence-corrected chi connectivity index (χ0v) is 11.6. The molecule has 2 nitrogen and oxygen atoms in total. The number of nitrogens with zero attached hydrogens (tertiary/aromatic N) is 1. The van der Waals surface area contributed by atoms with E-state index in [0.717, 1.165) is 32.7 Å². The number of quaternary nitrogens is 1. The molecule has 3 rings (SSSR count). The minimum Gasteiger partial charge on any atom is -0.360 e. The van der Waals surface area contributed by atoms with E-state index in [1.165, 1.54) is 11.3 Å². The Bertz CT molecular complexity index is 531. The lowest BCUT2D eigenvalue weighted by atomic mass is 10.2. The van der Waals surface area contributed by atoms with Crippen molar-refractivity contribution in [3.05, 3.63) is 66.0 Å². The molecular weight excluding hydrogens is 251 g/mol. The third-order valence-electron chi connectivity index (χ3n) is 3.96. The molecule has 1 aliphatic rings. The predicted molar refractivity (Wildman–Crippen MR) is 79.5 cm³/mol. The summed E-state index contributed by atoms with van der Waals surface area (Å²) in [6.45, 7) is 5.42. The third kappa shape index (κ3) is 3.17. The van der Waals surface area contributed by atoms with E-state index in [9.17, 15) is 4.39 Å². The molecule has 0 amide bonds. The molecule has 0 atom stereocenters. The first-order chi connectivity index (χ1) is 9.81. The largest absolute Gasteiger partial charge is 0.360 e.